The first-order valence-corrected chi connectivity index (χ1v) is 9.02. The maximum atomic E-state index is 12.3. The minimum atomic E-state index is -0.544. The van der Waals surface area contributed by atoms with Crippen molar-refractivity contribution in [3.63, 3.8) is 0 Å². The summed E-state index contributed by atoms with van der Waals surface area (Å²) in [6.45, 7) is 2.04. The van der Waals surface area contributed by atoms with Crippen molar-refractivity contribution in [1.82, 2.24) is 24.3 Å². The Balaban J connectivity index is 1.51. The second-order valence-electron chi connectivity index (χ2n) is 6.53. The number of aromatic nitrogens is 5. The van der Waals surface area contributed by atoms with Crippen LogP contribution in [0.1, 0.15) is 12.1 Å². The monoisotopic (exact) mass is 390 g/mol. The summed E-state index contributed by atoms with van der Waals surface area (Å²) in [7, 11) is 0. The topological polar surface area (TPSA) is 115 Å². The molecule has 3 heterocycles. The molecule has 0 saturated heterocycles. The van der Waals surface area contributed by atoms with Crippen molar-refractivity contribution >= 4 is 22.6 Å². The summed E-state index contributed by atoms with van der Waals surface area (Å²) in [6, 6.07) is 12.8. The number of hydrogen-bond acceptors (Lipinski definition) is 5. The van der Waals surface area contributed by atoms with E-state index in [0.717, 1.165) is 16.8 Å². The number of aryl methyl sites for hydroxylation is 2. The van der Waals surface area contributed by atoms with Crippen molar-refractivity contribution < 1.29 is 4.79 Å². The number of anilines is 1. The number of H-pyrrole nitrogens is 1. The zero-order valence-electron chi connectivity index (χ0n) is 15.6. The number of fused-ring (bicyclic) bond motifs is 1. The summed E-state index contributed by atoms with van der Waals surface area (Å²) in [5.41, 5.74) is 1.94. The first-order chi connectivity index (χ1) is 14.0. The van der Waals surface area contributed by atoms with Gasteiger partial charge in [0.05, 0.1) is 23.3 Å². The van der Waals surface area contributed by atoms with E-state index in [2.05, 4.69) is 20.4 Å². The highest BCUT2D eigenvalue weighted by Gasteiger charge is 2.12. The molecule has 4 rings (SSSR count). The van der Waals surface area contributed by atoms with Crippen molar-refractivity contribution in [2.45, 2.75) is 19.9 Å². The molecule has 0 saturated carbocycles. The standard InChI is InChI=1S/C20H18N6O3/c1-13-16-11-14(12-21-19(16)26(24-13)15-5-3-2-4-6-15)22-17(27)7-9-25-10-8-18(28)23-20(25)29/h2-6,8,10-12H,7,9H2,1H3,(H,22,27)(H,23,28,29). The largest absolute Gasteiger partial charge is 0.328 e. The van der Waals surface area contributed by atoms with Crippen LogP contribution in [0.4, 0.5) is 5.69 Å². The summed E-state index contributed by atoms with van der Waals surface area (Å²) in [5, 5.41) is 8.17. The lowest BCUT2D eigenvalue weighted by Gasteiger charge is -2.07. The first kappa shape index (κ1) is 18.4. The number of nitrogens with zero attached hydrogens (tertiary/aromatic N) is 4. The molecule has 1 aromatic carbocycles. The third kappa shape index (κ3) is 3.84. The minimum Gasteiger partial charge on any atom is -0.325 e. The molecule has 146 valence electrons. The molecule has 29 heavy (non-hydrogen) atoms. The van der Waals surface area contributed by atoms with Crippen molar-refractivity contribution in [1.29, 1.82) is 0 Å². The van der Waals surface area contributed by atoms with Gasteiger partial charge >= 0.3 is 5.69 Å². The van der Waals surface area contributed by atoms with E-state index in [1.807, 2.05) is 43.3 Å². The smallest absolute Gasteiger partial charge is 0.325 e. The van der Waals surface area contributed by atoms with Gasteiger partial charge < -0.3 is 9.88 Å². The number of hydrogen-bond donors (Lipinski definition) is 2. The van der Waals surface area contributed by atoms with Gasteiger partial charge in [-0.1, -0.05) is 18.2 Å². The molecule has 9 heteroatoms. The third-order valence-electron chi connectivity index (χ3n) is 4.47. The maximum absolute atomic E-state index is 12.3. The Morgan fingerprint density at radius 3 is 2.72 bits per heavy atom. The Morgan fingerprint density at radius 1 is 1.17 bits per heavy atom. The third-order valence-corrected chi connectivity index (χ3v) is 4.47. The molecule has 0 bridgehead atoms. The summed E-state index contributed by atoms with van der Waals surface area (Å²) >= 11 is 0. The molecular weight excluding hydrogens is 372 g/mol. The molecule has 0 aliphatic rings. The highest BCUT2D eigenvalue weighted by molar-refractivity contribution is 5.93. The number of aromatic amines is 1. The van der Waals surface area contributed by atoms with Crippen LogP contribution in [0.5, 0.6) is 0 Å². The number of carbonyl (C=O) groups excluding carboxylic acids is 1. The van der Waals surface area contributed by atoms with E-state index in [4.69, 9.17) is 0 Å². The van der Waals surface area contributed by atoms with Gasteiger partial charge in [-0.05, 0) is 25.1 Å². The fourth-order valence-electron chi connectivity index (χ4n) is 3.03. The maximum Gasteiger partial charge on any atom is 0.328 e. The average Bonchev–Trinajstić information content (AvgIpc) is 3.04. The van der Waals surface area contributed by atoms with E-state index in [9.17, 15) is 14.4 Å². The molecule has 4 aromatic rings. The van der Waals surface area contributed by atoms with Crippen LogP contribution in [-0.2, 0) is 11.3 Å². The van der Waals surface area contributed by atoms with Gasteiger partial charge in [-0.25, -0.2) is 14.5 Å². The van der Waals surface area contributed by atoms with Crippen LogP contribution in [0.15, 0.2) is 64.4 Å². The van der Waals surface area contributed by atoms with Gasteiger partial charge in [-0.2, -0.15) is 5.10 Å². The Kier molecular flexibility index (Phi) is 4.78. The molecule has 1 amide bonds. The van der Waals surface area contributed by atoms with Gasteiger partial charge in [0.2, 0.25) is 5.91 Å². The molecule has 0 unspecified atom stereocenters. The number of rotatable bonds is 5. The van der Waals surface area contributed by atoms with Crippen LogP contribution < -0.4 is 16.6 Å². The van der Waals surface area contributed by atoms with Gasteiger partial charge in [0.15, 0.2) is 5.65 Å². The molecule has 0 fully saturated rings. The number of pyridine rings is 1. The molecule has 0 aliphatic heterocycles. The fourth-order valence-corrected chi connectivity index (χ4v) is 3.03. The highest BCUT2D eigenvalue weighted by Crippen LogP contribution is 2.22. The van der Waals surface area contributed by atoms with Crippen LogP contribution in [0.3, 0.4) is 0 Å². The second-order valence-corrected chi connectivity index (χ2v) is 6.53. The quantitative estimate of drug-likeness (QED) is 0.537. The van der Waals surface area contributed by atoms with Crippen molar-refractivity contribution in [3.8, 4) is 5.69 Å². The van der Waals surface area contributed by atoms with E-state index in [0.29, 0.717) is 11.3 Å². The molecular formula is C20H18N6O3. The molecule has 0 atom stereocenters. The predicted molar refractivity (Wildman–Crippen MR) is 108 cm³/mol. The van der Waals surface area contributed by atoms with Crippen LogP contribution >= 0.6 is 0 Å². The predicted octanol–water partition coefficient (Wildman–Crippen LogP) is 1.61. The van der Waals surface area contributed by atoms with Crippen molar-refractivity contribution in [3.05, 3.63) is 81.4 Å². The van der Waals surface area contributed by atoms with E-state index in [1.54, 1.807) is 10.9 Å². The normalized spacial score (nSPS) is 10.9. The Hall–Kier alpha value is -4.01. The van der Waals surface area contributed by atoms with Gasteiger partial charge in [-0.15, -0.1) is 0 Å². The molecule has 0 spiro atoms. The van der Waals surface area contributed by atoms with Crippen molar-refractivity contribution in [2.24, 2.45) is 0 Å². The van der Waals surface area contributed by atoms with Gasteiger partial charge in [0.25, 0.3) is 5.56 Å². The molecule has 9 nitrogen and oxygen atoms in total. The summed E-state index contributed by atoms with van der Waals surface area (Å²) in [5.74, 6) is -0.266. The molecule has 2 N–H and O–H groups in total. The van der Waals surface area contributed by atoms with E-state index >= 15 is 0 Å². The lowest BCUT2D eigenvalue weighted by molar-refractivity contribution is -0.116. The lowest BCUT2D eigenvalue weighted by Crippen LogP contribution is -2.29. The zero-order chi connectivity index (χ0) is 20.4. The molecule has 3 aromatic heterocycles. The van der Waals surface area contributed by atoms with Crippen LogP contribution in [0.2, 0.25) is 0 Å². The van der Waals surface area contributed by atoms with Crippen molar-refractivity contribution in [2.75, 3.05) is 5.32 Å². The number of nitrogens with one attached hydrogen (secondary N) is 2. The van der Waals surface area contributed by atoms with E-state index < -0.39 is 11.2 Å². The highest BCUT2D eigenvalue weighted by atomic mass is 16.2. The summed E-state index contributed by atoms with van der Waals surface area (Å²) < 4.78 is 3.04. The van der Waals surface area contributed by atoms with Gasteiger partial charge in [0.1, 0.15) is 0 Å². The van der Waals surface area contributed by atoms with Gasteiger partial charge in [0, 0.05) is 30.6 Å². The second kappa shape index (κ2) is 7.55. The number of benzene rings is 1. The first-order valence-electron chi connectivity index (χ1n) is 9.02. The van der Waals surface area contributed by atoms with E-state index in [1.165, 1.54) is 16.8 Å². The Bertz CT molecular complexity index is 1300. The van der Waals surface area contributed by atoms with Crippen LogP contribution in [-0.4, -0.2) is 30.2 Å². The van der Waals surface area contributed by atoms with E-state index in [-0.39, 0.29) is 18.9 Å². The number of para-hydroxylation sites is 1. The summed E-state index contributed by atoms with van der Waals surface area (Å²) in [6.07, 6.45) is 3.02. The average molecular weight is 390 g/mol. The molecule has 0 radical (unpaired) electrons. The Labute approximate surface area is 164 Å². The van der Waals surface area contributed by atoms with Crippen LogP contribution in [0, 0.1) is 6.92 Å². The lowest BCUT2D eigenvalue weighted by atomic mass is 10.2. The zero-order valence-corrected chi connectivity index (χ0v) is 15.6. The Morgan fingerprint density at radius 2 is 1.97 bits per heavy atom. The van der Waals surface area contributed by atoms with Crippen LogP contribution in [0.25, 0.3) is 16.7 Å². The SMILES string of the molecule is Cc1nn(-c2ccccc2)c2ncc(NC(=O)CCn3ccc(=O)[nH]c3=O)cc12. The molecule has 0 aliphatic carbocycles. The minimum absolute atomic E-state index is 0.0756. The number of carbonyl (C=O) groups is 1. The van der Waals surface area contributed by atoms with Gasteiger partial charge in [-0.3, -0.25) is 14.6 Å². The number of amides is 1. The fraction of sp³-hybridized carbons (Fsp3) is 0.150. The summed E-state index contributed by atoms with van der Waals surface area (Å²) in [4.78, 5) is 41.6.